The monoisotopic (exact) mass is 266 g/mol. The summed E-state index contributed by atoms with van der Waals surface area (Å²) < 4.78 is 24.7. The second-order valence-electron chi connectivity index (χ2n) is 2.96. The van der Waals surface area contributed by atoms with Gasteiger partial charge < -0.3 is 10.1 Å². The van der Waals surface area contributed by atoms with Crippen LogP contribution in [-0.4, -0.2) is 30.2 Å². The molecule has 1 aromatic heterocycles. The number of rotatable bonds is 6. The first-order valence-electron chi connectivity index (χ1n) is 4.25. The second-order valence-corrected chi connectivity index (χ2v) is 5.73. The number of carboxylic acid groups (broad SMARTS) is 1. The van der Waals surface area contributed by atoms with E-state index in [4.69, 9.17) is 5.11 Å². The lowest BCUT2D eigenvalue weighted by molar-refractivity contribution is -0.136. The van der Waals surface area contributed by atoms with E-state index in [-0.39, 0.29) is 11.4 Å². The summed E-state index contributed by atoms with van der Waals surface area (Å²) in [5.74, 6) is -1.65. The van der Waals surface area contributed by atoms with Crippen LogP contribution in [0.15, 0.2) is 10.2 Å². The molecule has 90 valence electrons. The summed E-state index contributed by atoms with van der Waals surface area (Å²) in [5, 5.41) is 9.83. The van der Waals surface area contributed by atoms with Crippen LogP contribution in [0, 0.1) is 0 Å². The summed E-state index contributed by atoms with van der Waals surface area (Å²) >= 11 is 0.933. The maximum absolute atomic E-state index is 11.3. The normalized spacial score (nSPS) is 11.5. The molecule has 0 spiro atoms. The molecule has 0 unspecified atom stereocenters. The lowest BCUT2D eigenvalue weighted by atomic mass is 10.5. The maximum Gasteiger partial charge on any atom is 0.304 e. The molecule has 16 heavy (non-hydrogen) atoms. The quantitative estimate of drug-likeness (QED) is 0.631. The van der Waals surface area contributed by atoms with Gasteiger partial charge in [-0.05, 0) is 0 Å². The molecule has 0 saturated carbocycles. The van der Waals surface area contributed by atoms with E-state index in [0.717, 1.165) is 11.3 Å². The molecule has 0 aromatic carbocycles. The smallest absolute Gasteiger partial charge is 0.304 e. The SMILES string of the molecule is O=C(O)CCS(=O)(=O)NCc1csc(=O)[nH]1. The van der Waals surface area contributed by atoms with Crippen molar-refractivity contribution in [2.45, 2.75) is 13.0 Å². The molecule has 0 aliphatic carbocycles. The molecule has 1 aromatic rings. The van der Waals surface area contributed by atoms with Crippen LogP contribution in [0.1, 0.15) is 12.1 Å². The van der Waals surface area contributed by atoms with Crippen LogP contribution in [0.3, 0.4) is 0 Å². The number of H-pyrrole nitrogens is 1. The minimum Gasteiger partial charge on any atom is -0.481 e. The number of aromatic amines is 1. The van der Waals surface area contributed by atoms with Crippen molar-refractivity contribution in [3.63, 3.8) is 0 Å². The first-order chi connectivity index (χ1) is 7.39. The van der Waals surface area contributed by atoms with Crippen molar-refractivity contribution < 1.29 is 18.3 Å². The molecule has 0 fully saturated rings. The van der Waals surface area contributed by atoms with Crippen LogP contribution in [0.2, 0.25) is 0 Å². The van der Waals surface area contributed by atoms with Crippen molar-refractivity contribution in [2.75, 3.05) is 5.75 Å². The van der Waals surface area contributed by atoms with Crippen molar-refractivity contribution >= 4 is 27.3 Å². The van der Waals surface area contributed by atoms with Crippen LogP contribution in [-0.2, 0) is 21.4 Å². The van der Waals surface area contributed by atoms with E-state index in [1.807, 2.05) is 0 Å². The van der Waals surface area contributed by atoms with Gasteiger partial charge in [0.25, 0.3) is 0 Å². The fourth-order valence-electron chi connectivity index (χ4n) is 0.882. The van der Waals surface area contributed by atoms with E-state index in [9.17, 15) is 18.0 Å². The Morgan fingerprint density at radius 1 is 1.56 bits per heavy atom. The van der Waals surface area contributed by atoms with Crippen molar-refractivity contribution in [1.29, 1.82) is 0 Å². The fourth-order valence-corrected chi connectivity index (χ4v) is 2.43. The zero-order valence-corrected chi connectivity index (χ0v) is 9.73. The number of nitrogens with one attached hydrogen (secondary N) is 2. The Morgan fingerprint density at radius 2 is 2.25 bits per heavy atom. The Labute approximate surface area is 95.2 Å². The summed E-state index contributed by atoms with van der Waals surface area (Å²) in [7, 11) is -3.61. The highest BCUT2D eigenvalue weighted by molar-refractivity contribution is 7.89. The fraction of sp³-hybridized carbons (Fsp3) is 0.429. The van der Waals surface area contributed by atoms with E-state index in [1.165, 1.54) is 5.38 Å². The highest BCUT2D eigenvalue weighted by atomic mass is 32.2. The molecular weight excluding hydrogens is 256 g/mol. The lowest BCUT2D eigenvalue weighted by Gasteiger charge is -2.03. The molecule has 7 nitrogen and oxygen atoms in total. The Balaban J connectivity index is 2.48. The van der Waals surface area contributed by atoms with Crippen LogP contribution < -0.4 is 9.60 Å². The molecule has 1 rings (SSSR count). The second kappa shape index (κ2) is 5.23. The molecule has 3 N–H and O–H groups in total. The van der Waals surface area contributed by atoms with Crippen LogP contribution >= 0.6 is 11.3 Å². The summed E-state index contributed by atoms with van der Waals surface area (Å²) in [6, 6.07) is 0. The number of thiazole rings is 1. The molecule has 0 bridgehead atoms. The molecule has 0 saturated heterocycles. The Bertz CT molecular complexity index is 515. The third-order valence-electron chi connectivity index (χ3n) is 1.64. The van der Waals surface area contributed by atoms with E-state index >= 15 is 0 Å². The number of hydrogen-bond donors (Lipinski definition) is 3. The zero-order valence-electron chi connectivity index (χ0n) is 8.10. The minimum absolute atomic E-state index is 0.0410. The summed E-state index contributed by atoms with van der Waals surface area (Å²) in [4.78, 5) is 23.1. The van der Waals surface area contributed by atoms with Crippen molar-refractivity contribution in [3.8, 4) is 0 Å². The van der Waals surface area contributed by atoms with Gasteiger partial charge in [-0.1, -0.05) is 11.3 Å². The van der Waals surface area contributed by atoms with Gasteiger partial charge in [-0.3, -0.25) is 9.59 Å². The van der Waals surface area contributed by atoms with E-state index in [1.54, 1.807) is 0 Å². The molecule has 0 aliphatic heterocycles. The first kappa shape index (κ1) is 12.9. The van der Waals surface area contributed by atoms with Gasteiger partial charge >= 0.3 is 10.8 Å². The van der Waals surface area contributed by atoms with Gasteiger partial charge in [0, 0.05) is 11.1 Å². The highest BCUT2D eigenvalue weighted by Crippen LogP contribution is 1.97. The first-order valence-corrected chi connectivity index (χ1v) is 6.78. The molecular formula is C7H10N2O5S2. The topological polar surface area (TPSA) is 116 Å². The van der Waals surface area contributed by atoms with Crippen LogP contribution in [0.5, 0.6) is 0 Å². The molecule has 0 radical (unpaired) electrons. The van der Waals surface area contributed by atoms with Gasteiger partial charge in [-0.2, -0.15) is 0 Å². The Morgan fingerprint density at radius 3 is 2.75 bits per heavy atom. The highest BCUT2D eigenvalue weighted by Gasteiger charge is 2.12. The molecule has 0 amide bonds. The van der Waals surface area contributed by atoms with Gasteiger partial charge in [-0.15, -0.1) is 0 Å². The van der Waals surface area contributed by atoms with Gasteiger partial charge in [0.15, 0.2) is 0 Å². The maximum atomic E-state index is 11.3. The number of carboxylic acids is 1. The number of sulfonamides is 1. The summed E-state index contributed by atoms with van der Waals surface area (Å²) in [6.45, 7) is -0.0410. The van der Waals surface area contributed by atoms with Crippen molar-refractivity contribution in [1.82, 2.24) is 9.71 Å². The Hall–Kier alpha value is -1.19. The molecule has 1 heterocycles. The predicted molar refractivity (Wildman–Crippen MR) is 57.8 cm³/mol. The summed E-state index contributed by atoms with van der Waals surface area (Å²) in [5.41, 5.74) is 0.453. The average molecular weight is 266 g/mol. The van der Waals surface area contributed by atoms with Gasteiger partial charge in [0.2, 0.25) is 10.0 Å². The van der Waals surface area contributed by atoms with Gasteiger partial charge in [0.05, 0.1) is 18.7 Å². The van der Waals surface area contributed by atoms with E-state index < -0.39 is 28.2 Å². The Kier molecular flexibility index (Phi) is 4.21. The predicted octanol–water partition coefficient (Wildman–Crippen LogP) is -0.669. The summed E-state index contributed by atoms with van der Waals surface area (Å²) in [6.07, 6.45) is -0.449. The number of aromatic nitrogens is 1. The standard InChI is InChI=1S/C7H10N2O5S2/c10-6(11)1-2-16(13,14)8-3-5-4-15-7(12)9-5/h4,8H,1-3H2,(H,9,12)(H,10,11). The lowest BCUT2D eigenvalue weighted by Crippen LogP contribution is -2.27. The number of hydrogen-bond acceptors (Lipinski definition) is 5. The number of carbonyl (C=O) groups is 1. The van der Waals surface area contributed by atoms with Crippen molar-refractivity contribution in [2.24, 2.45) is 0 Å². The average Bonchev–Trinajstić information content (AvgIpc) is 2.59. The third-order valence-corrected chi connectivity index (χ3v) is 3.68. The minimum atomic E-state index is -3.61. The van der Waals surface area contributed by atoms with Crippen LogP contribution in [0.4, 0.5) is 0 Å². The molecule has 0 atom stereocenters. The molecule has 0 aliphatic rings. The van der Waals surface area contributed by atoms with E-state index in [0.29, 0.717) is 5.69 Å². The van der Waals surface area contributed by atoms with E-state index in [2.05, 4.69) is 9.71 Å². The van der Waals surface area contributed by atoms with Gasteiger partial charge in [0.1, 0.15) is 0 Å². The zero-order chi connectivity index (χ0) is 12.2. The van der Waals surface area contributed by atoms with Gasteiger partial charge in [-0.25, -0.2) is 13.1 Å². The van der Waals surface area contributed by atoms with Crippen LogP contribution in [0.25, 0.3) is 0 Å². The molecule has 9 heteroatoms. The number of aliphatic carboxylic acids is 1. The largest absolute Gasteiger partial charge is 0.481 e. The third kappa shape index (κ3) is 4.55. The van der Waals surface area contributed by atoms with Crippen molar-refractivity contribution in [3.05, 3.63) is 20.7 Å².